The number of nitrogens with two attached hydrogens (primary N) is 1. The lowest BCUT2D eigenvalue weighted by Crippen LogP contribution is -2.27. The third-order valence-corrected chi connectivity index (χ3v) is 4.16. The van der Waals surface area contributed by atoms with Gasteiger partial charge in [-0.25, -0.2) is 4.98 Å². The third kappa shape index (κ3) is 2.67. The molecule has 1 saturated carbocycles. The Labute approximate surface area is 118 Å². The number of aromatic nitrogens is 2. The summed E-state index contributed by atoms with van der Waals surface area (Å²) in [5, 5.41) is 0.760. The first kappa shape index (κ1) is 12.7. The van der Waals surface area contributed by atoms with Crippen LogP contribution in [0.25, 0.3) is 11.3 Å². The molecule has 1 aromatic carbocycles. The second-order valence-corrected chi connectivity index (χ2v) is 5.70. The van der Waals surface area contributed by atoms with Crippen molar-refractivity contribution in [2.45, 2.75) is 37.8 Å². The van der Waals surface area contributed by atoms with Gasteiger partial charge < -0.3 is 10.3 Å². The van der Waals surface area contributed by atoms with Crippen molar-refractivity contribution in [3.05, 3.63) is 41.8 Å². The highest BCUT2D eigenvalue weighted by atomic mass is 35.5. The number of rotatable bonds is 2. The number of imidazole rings is 1. The van der Waals surface area contributed by atoms with Crippen molar-refractivity contribution in [1.29, 1.82) is 0 Å². The van der Waals surface area contributed by atoms with Gasteiger partial charge in [-0.2, -0.15) is 0 Å². The molecule has 1 aliphatic carbocycles. The normalized spacial score (nSPS) is 23.5. The van der Waals surface area contributed by atoms with Crippen molar-refractivity contribution in [3.8, 4) is 11.3 Å². The molecule has 0 unspecified atom stereocenters. The van der Waals surface area contributed by atoms with Crippen molar-refractivity contribution in [2.24, 2.45) is 5.73 Å². The maximum Gasteiger partial charge on any atom is 0.0953 e. The van der Waals surface area contributed by atoms with Crippen LogP contribution >= 0.6 is 11.6 Å². The van der Waals surface area contributed by atoms with Crippen LogP contribution in [0.15, 0.2) is 36.8 Å². The molecule has 2 N–H and O–H groups in total. The summed E-state index contributed by atoms with van der Waals surface area (Å²) in [4.78, 5) is 4.31. The van der Waals surface area contributed by atoms with E-state index in [0.29, 0.717) is 12.1 Å². The highest BCUT2D eigenvalue weighted by molar-refractivity contribution is 6.30. The zero-order valence-corrected chi connectivity index (χ0v) is 11.6. The van der Waals surface area contributed by atoms with Crippen LogP contribution in [0.2, 0.25) is 5.02 Å². The summed E-state index contributed by atoms with van der Waals surface area (Å²) in [5.41, 5.74) is 8.24. The van der Waals surface area contributed by atoms with Gasteiger partial charge in [-0.3, -0.25) is 0 Å². The summed E-state index contributed by atoms with van der Waals surface area (Å²) < 4.78 is 2.28. The summed E-state index contributed by atoms with van der Waals surface area (Å²) in [6.45, 7) is 0. The van der Waals surface area contributed by atoms with Gasteiger partial charge in [-0.1, -0.05) is 23.7 Å². The van der Waals surface area contributed by atoms with Crippen molar-refractivity contribution < 1.29 is 0 Å². The number of hydrogen-bond acceptors (Lipinski definition) is 2. The molecule has 0 bridgehead atoms. The molecular formula is C15H18ClN3. The number of hydrogen-bond donors (Lipinski definition) is 1. The van der Waals surface area contributed by atoms with Gasteiger partial charge in [0.15, 0.2) is 0 Å². The number of nitrogens with zero attached hydrogens (tertiary/aromatic N) is 2. The molecule has 1 aromatic heterocycles. The van der Waals surface area contributed by atoms with E-state index < -0.39 is 0 Å². The molecule has 0 spiro atoms. The summed E-state index contributed by atoms with van der Waals surface area (Å²) in [6.07, 6.45) is 8.30. The van der Waals surface area contributed by atoms with Gasteiger partial charge in [-0.05, 0) is 37.8 Å². The van der Waals surface area contributed by atoms with Crippen molar-refractivity contribution in [2.75, 3.05) is 0 Å². The molecular weight excluding hydrogens is 258 g/mol. The molecule has 4 heteroatoms. The highest BCUT2D eigenvalue weighted by Crippen LogP contribution is 2.32. The SMILES string of the molecule is NC1CCC(n2cncc2-c2cccc(Cl)c2)CC1. The Morgan fingerprint density at radius 3 is 2.74 bits per heavy atom. The quantitative estimate of drug-likeness (QED) is 0.909. The first-order valence-corrected chi connectivity index (χ1v) is 7.15. The Balaban J connectivity index is 1.90. The van der Waals surface area contributed by atoms with Crippen molar-refractivity contribution in [3.63, 3.8) is 0 Å². The van der Waals surface area contributed by atoms with Gasteiger partial charge in [0.05, 0.1) is 18.2 Å². The van der Waals surface area contributed by atoms with E-state index in [1.807, 2.05) is 30.7 Å². The van der Waals surface area contributed by atoms with Gasteiger partial charge >= 0.3 is 0 Å². The van der Waals surface area contributed by atoms with E-state index in [2.05, 4.69) is 15.6 Å². The lowest BCUT2D eigenvalue weighted by Gasteiger charge is -2.28. The minimum absolute atomic E-state index is 0.370. The van der Waals surface area contributed by atoms with Gasteiger partial charge in [0.25, 0.3) is 0 Å². The smallest absolute Gasteiger partial charge is 0.0953 e. The molecule has 1 aliphatic rings. The van der Waals surface area contributed by atoms with Crippen molar-refractivity contribution >= 4 is 11.6 Å². The molecule has 1 heterocycles. The lowest BCUT2D eigenvalue weighted by molar-refractivity contribution is 0.325. The Morgan fingerprint density at radius 2 is 2.00 bits per heavy atom. The lowest BCUT2D eigenvalue weighted by atomic mass is 9.91. The van der Waals surface area contributed by atoms with Crippen molar-refractivity contribution in [1.82, 2.24) is 9.55 Å². The number of halogens is 1. The summed E-state index contributed by atoms with van der Waals surface area (Å²) in [7, 11) is 0. The largest absolute Gasteiger partial charge is 0.328 e. The van der Waals surface area contributed by atoms with Crippen LogP contribution in [-0.4, -0.2) is 15.6 Å². The predicted molar refractivity (Wildman–Crippen MR) is 78.2 cm³/mol. The molecule has 3 nitrogen and oxygen atoms in total. The van der Waals surface area contributed by atoms with Crippen LogP contribution in [-0.2, 0) is 0 Å². The average Bonchev–Trinajstić information content (AvgIpc) is 2.89. The molecule has 100 valence electrons. The van der Waals surface area contributed by atoms with E-state index >= 15 is 0 Å². The number of benzene rings is 1. The second-order valence-electron chi connectivity index (χ2n) is 5.27. The molecule has 0 saturated heterocycles. The van der Waals surface area contributed by atoms with E-state index in [4.69, 9.17) is 17.3 Å². The van der Waals surface area contributed by atoms with Gasteiger partial charge in [0.1, 0.15) is 0 Å². The Kier molecular flexibility index (Phi) is 3.58. The van der Waals surface area contributed by atoms with Gasteiger partial charge in [-0.15, -0.1) is 0 Å². The minimum atomic E-state index is 0.370. The summed E-state index contributed by atoms with van der Waals surface area (Å²) >= 11 is 6.07. The van der Waals surface area contributed by atoms with Crippen LogP contribution in [0.3, 0.4) is 0 Å². The third-order valence-electron chi connectivity index (χ3n) is 3.92. The van der Waals surface area contributed by atoms with Crippen LogP contribution < -0.4 is 5.73 Å². The average molecular weight is 276 g/mol. The van der Waals surface area contributed by atoms with Crippen LogP contribution in [0.4, 0.5) is 0 Å². The van der Waals surface area contributed by atoms with Crippen LogP contribution in [0, 0.1) is 0 Å². The fourth-order valence-electron chi connectivity index (χ4n) is 2.85. The first-order valence-electron chi connectivity index (χ1n) is 6.77. The molecule has 0 amide bonds. The Morgan fingerprint density at radius 1 is 1.21 bits per heavy atom. The minimum Gasteiger partial charge on any atom is -0.328 e. The Hall–Kier alpha value is -1.32. The molecule has 2 aromatic rings. The second kappa shape index (κ2) is 5.35. The van der Waals surface area contributed by atoms with E-state index in [9.17, 15) is 0 Å². The van der Waals surface area contributed by atoms with Crippen LogP contribution in [0.1, 0.15) is 31.7 Å². The fourth-order valence-corrected chi connectivity index (χ4v) is 3.04. The fraction of sp³-hybridized carbons (Fsp3) is 0.400. The topological polar surface area (TPSA) is 43.8 Å². The summed E-state index contributed by atoms with van der Waals surface area (Å²) in [6, 6.07) is 8.82. The molecule has 3 rings (SSSR count). The van der Waals surface area contributed by atoms with Crippen LogP contribution in [0.5, 0.6) is 0 Å². The monoisotopic (exact) mass is 275 g/mol. The van der Waals surface area contributed by atoms with Gasteiger partial charge in [0.2, 0.25) is 0 Å². The van der Waals surface area contributed by atoms with E-state index in [-0.39, 0.29) is 0 Å². The van der Waals surface area contributed by atoms with E-state index in [0.717, 1.165) is 42.0 Å². The molecule has 1 fully saturated rings. The van der Waals surface area contributed by atoms with E-state index in [1.54, 1.807) is 0 Å². The zero-order chi connectivity index (χ0) is 13.2. The molecule has 19 heavy (non-hydrogen) atoms. The van der Waals surface area contributed by atoms with Gasteiger partial charge in [0, 0.05) is 22.7 Å². The predicted octanol–water partition coefficient (Wildman–Crippen LogP) is 3.65. The molecule has 0 aliphatic heterocycles. The standard InChI is InChI=1S/C15H18ClN3/c16-12-3-1-2-11(8-12)15-9-18-10-19(15)14-6-4-13(17)5-7-14/h1-3,8-10,13-14H,4-7,17H2. The highest BCUT2D eigenvalue weighted by Gasteiger charge is 2.21. The van der Waals surface area contributed by atoms with E-state index in [1.165, 1.54) is 0 Å². The summed E-state index contributed by atoms with van der Waals surface area (Å²) in [5.74, 6) is 0. The first-order chi connectivity index (χ1) is 9.24. The Bertz CT molecular complexity index is 556. The molecule has 0 radical (unpaired) electrons. The zero-order valence-electron chi connectivity index (χ0n) is 10.8. The molecule has 0 atom stereocenters. The maximum atomic E-state index is 6.07. The maximum absolute atomic E-state index is 6.07.